The molecular weight excluding hydrogens is 636 g/mol. The number of hydrogen-bond acceptors (Lipinski definition) is 9. The van der Waals surface area contributed by atoms with E-state index in [1.54, 1.807) is 18.7 Å². The van der Waals surface area contributed by atoms with Gasteiger partial charge in [-0.15, -0.1) is 0 Å². The average molecular weight is 703 g/mol. The summed E-state index contributed by atoms with van der Waals surface area (Å²) < 4.78 is 31.2. The van der Waals surface area contributed by atoms with Crippen molar-refractivity contribution in [3.05, 3.63) is 0 Å². The Morgan fingerprint density at radius 3 is 2.34 bits per heavy atom. The number of nitrogens with zero attached hydrogens (tertiary/aromatic N) is 1. The molecule has 4 unspecified atom stereocenters. The maximum absolute atomic E-state index is 12.8. The Labute approximate surface area is 300 Å². The molecule has 284 valence electrons. The molecule has 10 nitrogen and oxygen atoms in total. The van der Waals surface area contributed by atoms with E-state index in [9.17, 15) is 14.7 Å². The molecule has 7 fully saturated rings. The summed E-state index contributed by atoms with van der Waals surface area (Å²) in [4.78, 5) is 26.6. The normalized spacial score (nSPS) is 47.1. The van der Waals surface area contributed by atoms with Crippen molar-refractivity contribution >= 4 is 12.1 Å². The van der Waals surface area contributed by atoms with E-state index in [0.29, 0.717) is 43.4 Å². The molecule has 13 atom stereocenters. The van der Waals surface area contributed by atoms with E-state index in [0.717, 1.165) is 44.9 Å². The Bertz CT molecular complexity index is 1360. The molecule has 7 aliphatic rings. The van der Waals surface area contributed by atoms with Crippen LogP contribution in [-0.2, 0) is 28.5 Å². The number of amides is 1. The molecule has 1 amide bonds. The second-order valence-electron chi connectivity index (χ2n) is 20.2. The topological polar surface area (TPSA) is 130 Å². The summed E-state index contributed by atoms with van der Waals surface area (Å²) in [5, 5.41) is 11.0. The number of aliphatic hydroxyl groups is 1. The molecule has 0 radical (unpaired) electrons. The standard InChI is InChI=1S/C40H66N2O8/c1-23-19-25(32(36(8,9)45)47-24(2)43)48-26-20-40(41)28-12-11-27-35(6,7)29(49-30-21-42(17-18-46-30)33(44)50-34(3,4)5)13-14-38(27)22-39(28,38)16-15-37(40,10)31(23)26/h23,25-32,45H,11-22,41H2,1-10H3/t23-,25?,26?,27?,28?,29+,30+,31+,32+,37-,38-,39+,40-/m1/s1. The quantitative estimate of drug-likeness (QED) is 0.322. The summed E-state index contributed by atoms with van der Waals surface area (Å²) in [6.45, 7) is 21.5. The molecule has 0 aromatic rings. The van der Waals surface area contributed by atoms with Crippen LogP contribution >= 0.6 is 0 Å². The molecule has 7 rings (SSSR count). The van der Waals surface area contributed by atoms with E-state index in [2.05, 4.69) is 27.7 Å². The Hall–Kier alpha value is -1.46. The van der Waals surface area contributed by atoms with Gasteiger partial charge in [-0.2, -0.15) is 0 Å². The van der Waals surface area contributed by atoms with Crippen LogP contribution in [-0.4, -0.2) is 89.2 Å². The van der Waals surface area contributed by atoms with Crippen molar-refractivity contribution in [2.75, 3.05) is 19.7 Å². The zero-order valence-electron chi connectivity index (χ0n) is 32.5. The lowest BCUT2D eigenvalue weighted by atomic mass is 9.44. The van der Waals surface area contributed by atoms with Crippen LogP contribution in [0.25, 0.3) is 0 Å². The van der Waals surface area contributed by atoms with Crippen LogP contribution in [0.2, 0.25) is 0 Å². The van der Waals surface area contributed by atoms with Gasteiger partial charge in [-0.25, -0.2) is 4.79 Å². The van der Waals surface area contributed by atoms with Crippen LogP contribution in [0.1, 0.15) is 127 Å². The molecule has 2 spiro atoms. The SMILES string of the molecule is CC(=O)O[C@@H](C1C[C@@H](C)[C@H]2C(C[C@@]3(N)C4CCC5C(C)(C)[C@@H](O[C@H]6CN(C(=O)OC(C)(C)C)CCO6)CC[C@@]56C[C@@]46CC[C@]23C)O1)C(C)(C)O. The van der Waals surface area contributed by atoms with Crippen LogP contribution in [0.5, 0.6) is 0 Å². The number of carbonyl (C=O) groups is 2. The van der Waals surface area contributed by atoms with Crippen LogP contribution in [0.15, 0.2) is 0 Å². The lowest BCUT2D eigenvalue weighted by Gasteiger charge is -2.63. The molecule has 5 aliphatic carbocycles. The largest absolute Gasteiger partial charge is 0.457 e. The predicted molar refractivity (Wildman–Crippen MR) is 188 cm³/mol. The maximum atomic E-state index is 12.8. The third-order valence-corrected chi connectivity index (χ3v) is 15.5. The molecule has 3 N–H and O–H groups in total. The van der Waals surface area contributed by atoms with Gasteiger partial charge in [0.1, 0.15) is 5.60 Å². The molecule has 2 aliphatic heterocycles. The van der Waals surface area contributed by atoms with Gasteiger partial charge < -0.3 is 39.4 Å². The van der Waals surface area contributed by atoms with Gasteiger partial charge in [-0.05, 0) is 138 Å². The fourth-order valence-electron chi connectivity index (χ4n) is 13.6. The summed E-state index contributed by atoms with van der Waals surface area (Å²) >= 11 is 0. The average Bonchev–Trinajstić information content (AvgIpc) is 3.59. The van der Waals surface area contributed by atoms with Gasteiger partial charge in [0.25, 0.3) is 0 Å². The van der Waals surface area contributed by atoms with Crippen molar-refractivity contribution in [1.29, 1.82) is 0 Å². The first-order chi connectivity index (χ1) is 23.1. The van der Waals surface area contributed by atoms with Gasteiger partial charge in [0.05, 0.1) is 37.1 Å². The number of rotatable bonds is 5. The van der Waals surface area contributed by atoms with Crippen molar-refractivity contribution < 1.29 is 38.4 Å². The van der Waals surface area contributed by atoms with E-state index in [1.165, 1.54) is 19.8 Å². The van der Waals surface area contributed by atoms with Gasteiger partial charge in [0, 0.05) is 19.0 Å². The minimum Gasteiger partial charge on any atom is -0.457 e. The van der Waals surface area contributed by atoms with Gasteiger partial charge in [-0.1, -0.05) is 27.7 Å². The zero-order valence-corrected chi connectivity index (χ0v) is 32.5. The van der Waals surface area contributed by atoms with E-state index >= 15 is 0 Å². The maximum Gasteiger partial charge on any atom is 0.410 e. The highest BCUT2D eigenvalue weighted by molar-refractivity contribution is 5.68. The number of morpholine rings is 1. The first-order valence-electron chi connectivity index (χ1n) is 19.7. The Kier molecular flexibility index (Phi) is 8.68. The summed E-state index contributed by atoms with van der Waals surface area (Å²) in [7, 11) is 0. The second-order valence-corrected chi connectivity index (χ2v) is 20.2. The first-order valence-corrected chi connectivity index (χ1v) is 19.7. The van der Waals surface area contributed by atoms with E-state index in [1.807, 2.05) is 20.8 Å². The number of fused-ring (bicyclic) bond motifs is 4. The second kappa shape index (κ2) is 11.8. The van der Waals surface area contributed by atoms with E-state index in [4.69, 9.17) is 29.4 Å². The molecule has 2 heterocycles. The fraction of sp³-hybridized carbons (Fsp3) is 0.950. The van der Waals surface area contributed by atoms with Gasteiger partial charge in [0.2, 0.25) is 0 Å². The molecular formula is C40H66N2O8. The number of hydrogen-bond donors (Lipinski definition) is 2. The summed E-state index contributed by atoms with van der Waals surface area (Å²) in [5.41, 5.74) is 6.27. The lowest BCUT2D eigenvalue weighted by Crippen LogP contribution is -2.66. The summed E-state index contributed by atoms with van der Waals surface area (Å²) in [5.74, 6) is 1.27. The Morgan fingerprint density at radius 2 is 1.68 bits per heavy atom. The molecule has 5 saturated carbocycles. The van der Waals surface area contributed by atoms with Crippen molar-refractivity contribution in [3.63, 3.8) is 0 Å². The van der Waals surface area contributed by atoms with Crippen LogP contribution in [0.4, 0.5) is 4.79 Å². The number of carbonyl (C=O) groups excluding carboxylic acids is 2. The number of nitrogens with two attached hydrogens (primary N) is 1. The smallest absolute Gasteiger partial charge is 0.410 e. The Morgan fingerprint density at radius 1 is 1.00 bits per heavy atom. The van der Waals surface area contributed by atoms with Crippen molar-refractivity contribution in [1.82, 2.24) is 4.90 Å². The summed E-state index contributed by atoms with van der Waals surface area (Å²) in [6, 6.07) is 0. The van der Waals surface area contributed by atoms with Gasteiger partial charge in [0.15, 0.2) is 12.4 Å². The molecule has 2 saturated heterocycles. The van der Waals surface area contributed by atoms with Gasteiger partial charge >= 0.3 is 12.1 Å². The first kappa shape index (κ1) is 36.9. The Balaban J connectivity index is 1.07. The van der Waals surface area contributed by atoms with Gasteiger partial charge in [-0.3, -0.25) is 4.79 Å². The van der Waals surface area contributed by atoms with Crippen LogP contribution in [0, 0.1) is 45.3 Å². The molecule has 0 bridgehead atoms. The summed E-state index contributed by atoms with van der Waals surface area (Å²) in [6.07, 6.45) is 7.76. The highest BCUT2D eigenvalue weighted by atomic mass is 16.7. The van der Waals surface area contributed by atoms with Crippen LogP contribution in [0.3, 0.4) is 0 Å². The van der Waals surface area contributed by atoms with E-state index in [-0.39, 0.29) is 51.6 Å². The number of ether oxygens (including phenoxy) is 5. The minimum atomic E-state index is -1.21. The number of esters is 1. The highest BCUT2D eigenvalue weighted by Gasteiger charge is 2.83. The minimum absolute atomic E-state index is 0.0157. The zero-order chi connectivity index (χ0) is 36.4. The predicted octanol–water partition coefficient (Wildman–Crippen LogP) is 6.20. The molecule has 0 aromatic carbocycles. The van der Waals surface area contributed by atoms with Crippen molar-refractivity contribution in [3.8, 4) is 0 Å². The van der Waals surface area contributed by atoms with E-state index < -0.39 is 29.6 Å². The third-order valence-electron chi connectivity index (χ3n) is 15.5. The van der Waals surface area contributed by atoms with Crippen molar-refractivity contribution in [2.24, 2.45) is 51.1 Å². The van der Waals surface area contributed by atoms with Crippen molar-refractivity contribution in [2.45, 2.75) is 174 Å². The molecule has 50 heavy (non-hydrogen) atoms. The highest BCUT2D eigenvalue weighted by Crippen LogP contribution is 2.87. The lowest BCUT2D eigenvalue weighted by molar-refractivity contribution is -0.243. The molecule has 0 aromatic heterocycles. The third kappa shape index (κ3) is 5.49. The monoisotopic (exact) mass is 702 g/mol. The fourth-order valence-corrected chi connectivity index (χ4v) is 13.6. The van der Waals surface area contributed by atoms with Crippen LogP contribution < -0.4 is 5.73 Å². The molecule has 10 heteroatoms.